The number of piperidine rings is 2. The fourth-order valence-corrected chi connectivity index (χ4v) is 3.61. The molecule has 7 nitrogen and oxygen atoms in total. The first kappa shape index (κ1) is 16.5. The van der Waals surface area contributed by atoms with Crippen LogP contribution in [0, 0.1) is 5.92 Å². The minimum atomic E-state index is 0.0224. The molecule has 0 aliphatic carbocycles. The number of ether oxygens (including phenoxy) is 1. The van der Waals surface area contributed by atoms with Gasteiger partial charge in [-0.2, -0.15) is 0 Å². The number of oxime groups is 1. The van der Waals surface area contributed by atoms with Crippen molar-refractivity contribution in [3.63, 3.8) is 0 Å². The summed E-state index contributed by atoms with van der Waals surface area (Å²) in [6, 6.07) is 0. The second-order valence-electron chi connectivity index (χ2n) is 6.69. The Morgan fingerprint density at radius 1 is 1.17 bits per heavy atom. The maximum Gasteiger partial charge on any atom is 0.236 e. The lowest BCUT2D eigenvalue weighted by Crippen LogP contribution is -2.46. The quantitative estimate of drug-likeness (QED) is 0.809. The molecule has 130 valence electrons. The molecule has 1 atom stereocenters. The average Bonchev–Trinajstić information content (AvgIpc) is 2.62. The molecular weight excluding hydrogens is 296 g/mol. The van der Waals surface area contributed by atoms with Gasteiger partial charge in [0.25, 0.3) is 0 Å². The van der Waals surface area contributed by atoms with Crippen LogP contribution in [0.3, 0.4) is 0 Å². The molecule has 0 saturated carbocycles. The summed E-state index contributed by atoms with van der Waals surface area (Å²) in [7, 11) is 0. The predicted octanol–water partition coefficient (Wildman–Crippen LogP) is 0.399. The Balaban J connectivity index is 1.47. The van der Waals surface area contributed by atoms with Crippen LogP contribution < -0.4 is 5.73 Å². The number of rotatable bonds is 4. The van der Waals surface area contributed by atoms with Crippen molar-refractivity contribution in [2.45, 2.75) is 38.2 Å². The van der Waals surface area contributed by atoms with Crippen LogP contribution in [0.15, 0.2) is 5.16 Å². The molecule has 2 N–H and O–H groups in total. The maximum atomic E-state index is 11.6. The molecule has 3 rings (SSSR count). The third kappa shape index (κ3) is 4.35. The van der Waals surface area contributed by atoms with Crippen LogP contribution in [-0.4, -0.2) is 73.6 Å². The molecule has 0 aromatic heterocycles. The number of nitrogens with two attached hydrogens (primary N) is 1. The average molecular weight is 324 g/mol. The van der Waals surface area contributed by atoms with Crippen molar-refractivity contribution < 1.29 is 14.4 Å². The van der Waals surface area contributed by atoms with E-state index in [0.29, 0.717) is 6.61 Å². The molecule has 23 heavy (non-hydrogen) atoms. The Hall–Kier alpha value is -1.34. The van der Waals surface area contributed by atoms with Gasteiger partial charge >= 0.3 is 0 Å². The summed E-state index contributed by atoms with van der Waals surface area (Å²) in [4.78, 5) is 21.3. The Bertz CT molecular complexity index is 429. The molecule has 1 unspecified atom stereocenters. The summed E-state index contributed by atoms with van der Waals surface area (Å²) in [6.07, 6.45) is 5.70. The topological polar surface area (TPSA) is 80.4 Å². The zero-order chi connectivity index (χ0) is 16.1. The SMILES string of the molecule is NCC(=O)N1CCC(C2=NOCC(CN3CCCCC3)O2)CC1. The highest BCUT2D eigenvalue weighted by Gasteiger charge is 2.31. The zero-order valence-corrected chi connectivity index (χ0v) is 13.8. The number of likely N-dealkylation sites (tertiary alicyclic amines) is 2. The predicted molar refractivity (Wildman–Crippen MR) is 86.9 cm³/mol. The maximum absolute atomic E-state index is 11.6. The summed E-state index contributed by atoms with van der Waals surface area (Å²) in [5.41, 5.74) is 5.42. The van der Waals surface area contributed by atoms with Crippen molar-refractivity contribution in [2.24, 2.45) is 16.8 Å². The molecule has 2 fully saturated rings. The normalized spacial score (nSPS) is 27.1. The van der Waals surface area contributed by atoms with Gasteiger partial charge < -0.3 is 20.2 Å². The molecule has 7 heteroatoms. The second kappa shape index (κ2) is 7.97. The van der Waals surface area contributed by atoms with E-state index >= 15 is 0 Å². The Kier molecular flexibility index (Phi) is 5.72. The van der Waals surface area contributed by atoms with E-state index in [0.717, 1.165) is 51.5 Å². The van der Waals surface area contributed by atoms with Gasteiger partial charge in [-0.05, 0) is 38.8 Å². The van der Waals surface area contributed by atoms with Crippen LogP contribution in [0.5, 0.6) is 0 Å². The van der Waals surface area contributed by atoms with E-state index in [4.69, 9.17) is 15.3 Å². The highest BCUT2D eigenvalue weighted by molar-refractivity contribution is 5.80. The number of carbonyl (C=O) groups is 1. The largest absolute Gasteiger partial charge is 0.470 e. The van der Waals surface area contributed by atoms with Gasteiger partial charge in [-0.25, -0.2) is 0 Å². The van der Waals surface area contributed by atoms with Crippen molar-refractivity contribution >= 4 is 11.8 Å². The van der Waals surface area contributed by atoms with E-state index < -0.39 is 0 Å². The molecule has 3 aliphatic rings. The van der Waals surface area contributed by atoms with E-state index in [1.807, 2.05) is 4.90 Å². The van der Waals surface area contributed by atoms with E-state index in [-0.39, 0.29) is 24.5 Å². The second-order valence-corrected chi connectivity index (χ2v) is 6.69. The van der Waals surface area contributed by atoms with E-state index in [1.165, 1.54) is 19.3 Å². The molecule has 0 aromatic rings. The molecule has 0 aromatic carbocycles. The number of carbonyl (C=O) groups excluding carboxylic acids is 1. The Morgan fingerprint density at radius 2 is 1.91 bits per heavy atom. The van der Waals surface area contributed by atoms with Crippen LogP contribution in [-0.2, 0) is 14.4 Å². The molecular formula is C16H28N4O3. The highest BCUT2D eigenvalue weighted by atomic mass is 16.7. The summed E-state index contributed by atoms with van der Waals surface area (Å²) in [6.45, 7) is 5.30. The molecule has 1 amide bonds. The summed E-state index contributed by atoms with van der Waals surface area (Å²) < 4.78 is 6.11. The van der Waals surface area contributed by atoms with Crippen molar-refractivity contribution in [3.8, 4) is 0 Å². The first-order chi connectivity index (χ1) is 11.3. The molecule has 0 radical (unpaired) electrons. The smallest absolute Gasteiger partial charge is 0.236 e. The Labute approximate surface area is 137 Å². The summed E-state index contributed by atoms with van der Waals surface area (Å²) >= 11 is 0. The molecule has 0 bridgehead atoms. The monoisotopic (exact) mass is 324 g/mol. The van der Waals surface area contributed by atoms with Crippen molar-refractivity contribution in [1.29, 1.82) is 0 Å². The van der Waals surface area contributed by atoms with E-state index in [2.05, 4.69) is 10.1 Å². The molecule has 0 spiro atoms. The lowest BCUT2D eigenvalue weighted by molar-refractivity contribution is -0.130. The minimum absolute atomic E-state index is 0.0224. The lowest BCUT2D eigenvalue weighted by atomic mass is 9.96. The fourth-order valence-electron chi connectivity index (χ4n) is 3.61. The fraction of sp³-hybridized carbons (Fsp3) is 0.875. The van der Waals surface area contributed by atoms with Crippen molar-refractivity contribution in [3.05, 3.63) is 0 Å². The number of amides is 1. The number of hydrogen-bond donors (Lipinski definition) is 1. The number of nitrogens with zero attached hydrogens (tertiary/aromatic N) is 3. The minimum Gasteiger partial charge on any atom is -0.470 e. The van der Waals surface area contributed by atoms with Crippen molar-refractivity contribution in [2.75, 3.05) is 45.9 Å². The van der Waals surface area contributed by atoms with Gasteiger partial charge in [0.05, 0.1) is 6.54 Å². The lowest BCUT2D eigenvalue weighted by Gasteiger charge is -2.35. The van der Waals surface area contributed by atoms with Gasteiger partial charge in [-0.3, -0.25) is 9.69 Å². The van der Waals surface area contributed by atoms with Gasteiger partial charge in [0.15, 0.2) is 6.61 Å². The first-order valence-corrected chi connectivity index (χ1v) is 8.83. The summed E-state index contributed by atoms with van der Waals surface area (Å²) in [5, 5.41) is 4.13. The van der Waals surface area contributed by atoms with Crippen LogP contribution in [0.1, 0.15) is 32.1 Å². The van der Waals surface area contributed by atoms with Crippen LogP contribution in [0.2, 0.25) is 0 Å². The van der Waals surface area contributed by atoms with Gasteiger partial charge in [-0.15, -0.1) is 0 Å². The van der Waals surface area contributed by atoms with Crippen molar-refractivity contribution in [1.82, 2.24) is 9.80 Å². The van der Waals surface area contributed by atoms with E-state index in [9.17, 15) is 4.79 Å². The van der Waals surface area contributed by atoms with Gasteiger partial charge in [-0.1, -0.05) is 11.6 Å². The standard InChI is InChI=1S/C16H28N4O3/c17-10-15(21)20-8-4-13(5-9-20)16-18-22-12-14(23-16)11-19-6-2-1-3-7-19/h13-14H,1-12,17H2. The van der Waals surface area contributed by atoms with E-state index in [1.54, 1.807) is 0 Å². The van der Waals surface area contributed by atoms with Crippen LogP contribution >= 0.6 is 0 Å². The van der Waals surface area contributed by atoms with Crippen LogP contribution in [0.25, 0.3) is 0 Å². The van der Waals surface area contributed by atoms with Gasteiger partial charge in [0, 0.05) is 25.6 Å². The Morgan fingerprint density at radius 3 is 2.61 bits per heavy atom. The zero-order valence-electron chi connectivity index (χ0n) is 13.8. The highest BCUT2D eigenvalue weighted by Crippen LogP contribution is 2.23. The third-order valence-corrected chi connectivity index (χ3v) is 4.98. The molecule has 3 heterocycles. The first-order valence-electron chi connectivity index (χ1n) is 8.83. The molecule has 3 aliphatic heterocycles. The number of hydrogen-bond acceptors (Lipinski definition) is 6. The molecule has 2 saturated heterocycles. The van der Waals surface area contributed by atoms with Gasteiger partial charge in [0.1, 0.15) is 6.10 Å². The van der Waals surface area contributed by atoms with Gasteiger partial charge in [0.2, 0.25) is 11.8 Å². The third-order valence-electron chi connectivity index (χ3n) is 4.98. The summed E-state index contributed by atoms with van der Waals surface area (Å²) in [5.74, 6) is 0.994. The van der Waals surface area contributed by atoms with Crippen LogP contribution in [0.4, 0.5) is 0 Å².